The highest BCUT2D eigenvalue weighted by Crippen LogP contribution is 2.38. The molecule has 0 aliphatic heterocycles. The zero-order chi connectivity index (χ0) is 23.0. The molecule has 3 rings (SSSR count). The van der Waals surface area contributed by atoms with Gasteiger partial charge >= 0.3 is 18.2 Å². The van der Waals surface area contributed by atoms with Crippen LogP contribution >= 0.6 is 0 Å². The minimum atomic E-state index is -5.10. The van der Waals surface area contributed by atoms with E-state index in [1.54, 1.807) is 0 Å². The van der Waals surface area contributed by atoms with Crippen LogP contribution in [0.2, 0.25) is 0 Å². The van der Waals surface area contributed by atoms with Crippen molar-refractivity contribution in [2.24, 2.45) is 7.05 Å². The fourth-order valence-electron chi connectivity index (χ4n) is 2.72. The van der Waals surface area contributed by atoms with Crippen molar-refractivity contribution in [3.63, 3.8) is 0 Å². The lowest BCUT2D eigenvalue weighted by Crippen LogP contribution is -2.24. The molecular weight excluding hydrogens is 434 g/mol. The molecule has 0 unspecified atom stereocenters. The molecule has 0 fully saturated rings. The number of tetrazole rings is 1. The van der Waals surface area contributed by atoms with Crippen molar-refractivity contribution in [3.05, 3.63) is 63.6 Å². The second kappa shape index (κ2) is 7.96. The maximum atomic E-state index is 13.3. The van der Waals surface area contributed by atoms with Crippen LogP contribution < -0.4 is 15.2 Å². The van der Waals surface area contributed by atoms with Crippen LogP contribution in [0, 0.1) is 6.92 Å². The van der Waals surface area contributed by atoms with Crippen molar-refractivity contribution < 1.29 is 35.8 Å². The third kappa shape index (κ3) is 4.98. The van der Waals surface area contributed by atoms with Gasteiger partial charge in [-0.3, -0.25) is 0 Å². The fraction of sp³-hybridized carbons (Fsp3) is 0.278. The highest BCUT2D eigenvalue weighted by Gasteiger charge is 2.35. The Morgan fingerprint density at radius 3 is 2.29 bits per heavy atom. The molecular formula is C18H14F6N4O3. The molecule has 13 heteroatoms. The normalized spacial score (nSPS) is 12.1. The third-order valence-corrected chi connectivity index (χ3v) is 4.10. The Bertz CT molecular complexity index is 1150. The number of rotatable bonds is 5. The summed E-state index contributed by atoms with van der Waals surface area (Å²) in [7, 11) is 1.26. The number of nitrogens with zero attached hydrogens (tertiary/aromatic N) is 4. The second-order valence-electron chi connectivity index (χ2n) is 6.38. The first-order valence-corrected chi connectivity index (χ1v) is 8.54. The molecule has 0 aliphatic carbocycles. The second-order valence-corrected chi connectivity index (χ2v) is 6.38. The number of aromatic nitrogens is 4. The molecule has 0 radical (unpaired) electrons. The molecule has 7 nitrogen and oxygen atoms in total. The minimum Gasteiger partial charge on any atom is -0.488 e. The van der Waals surface area contributed by atoms with Crippen LogP contribution in [0.3, 0.4) is 0 Å². The van der Waals surface area contributed by atoms with Crippen molar-refractivity contribution in [2.45, 2.75) is 26.1 Å². The standard InChI is InChI=1S/C18H14F6N4O3/c1-10-6-7-15(12(8-10)17(19,20)21)30-9-11-13(28-16(29)27(2)25-26-28)4-3-5-14(11)31-18(22,23)24/h3-8H,9H2,1-2H3. The van der Waals surface area contributed by atoms with Crippen LogP contribution in [-0.4, -0.2) is 26.2 Å². The van der Waals surface area contributed by atoms with E-state index in [1.807, 2.05) is 0 Å². The van der Waals surface area contributed by atoms with Crippen LogP contribution in [0.5, 0.6) is 11.5 Å². The van der Waals surface area contributed by atoms with Gasteiger partial charge in [0.2, 0.25) is 0 Å². The van der Waals surface area contributed by atoms with Crippen LogP contribution in [-0.2, 0) is 19.8 Å². The monoisotopic (exact) mass is 448 g/mol. The molecule has 3 aromatic rings. The summed E-state index contributed by atoms with van der Waals surface area (Å²) >= 11 is 0. The summed E-state index contributed by atoms with van der Waals surface area (Å²) in [6, 6.07) is 6.60. The Kier molecular flexibility index (Phi) is 5.70. The number of hydrogen-bond acceptors (Lipinski definition) is 5. The van der Waals surface area contributed by atoms with Gasteiger partial charge in [0.15, 0.2) is 0 Å². The first kappa shape index (κ1) is 22.2. The molecule has 1 heterocycles. The molecule has 0 N–H and O–H groups in total. The number of benzene rings is 2. The number of hydrogen-bond donors (Lipinski definition) is 0. The summed E-state index contributed by atoms with van der Waals surface area (Å²) in [5, 5.41) is 7.03. The van der Waals surface area contributed by atoms with Crippen molar-refractivity contribution in [2.75, 3.05) is 0 Å². The predicted molar refractivity (Wildman–Crippen MR) is 93.8 cm³/mol. The van der Waals surface area contributed by atoms with Crippen molar-refractivity contribution in [3.8, 4) is 17.2 Å². The van der Waals surface area contributed by atoms with E-state index in [-0.39, 0.29) is 11.3 Å². The quantitative estimate of drug-likeness (QED) is 0.556. The van der Waals surface area contributed by atoms with Gasteiger partial charge in [-0.15, -0.1) is 13.2 Å². The highest BCUT2D eigenvalue weighted by atomic mass is 19.4. The Balaban J connectivity index is 2.08. The number of alkyl halides is 6. The fourth-order valence-corrected chi connectivity index (χ4v) is 2.72. The third-order valence-electron chi connectivity index (χ3n) is 4.10. The van der Waals surface area contributed by atoms with Gasteiger partial charge in [0.1, 0.15) is 18.1 Å². The molecule has 31 heavy (non-hydrogen) atoms. The summed E-state index contributed by atoms with van der Waals surface area (Å²) in [5.74, 6) is -1.36. The van der Waals surface area contributed by atoms with E-state index < -0.39 is 41.9 Å². The van der Waals surface area contributed by atoms with Gasteiger partial charge in [0.05, 0.1) is 16.8 Å². The molecule has 0 saturated heterocycles. The maximum absolute atomic E-state index is 13.3. The summed E-state index contributed by atoms with van der Waals surface area (Å²) in [4.78, 5) is 12.2. The topological polar surface area (TPSA) is 71.2 Å². The lowest BCUT2D eigenvalue weighted by atomic mass is 10.1. The average Bonchev–Trinajstić information content (AvgIpc) is 2.98. The van der Waals surface area contributed by atoms with E-state index in [0.717, 1.165) is 28.9 Å². The summed E-state index contributed by atoms with van der Waals surface area (Å²) in [5.41, 5.74) is -2.12. The molecule has 0 amide bonds. The van der Waals surface area contributed by atoms with Crippen LogP contribution in [0.15, 0.2) is 41.2 Å². The lowest BCUT2D eigenvalue weighted by molar-refractivity contribution is -0.275. The Hall–Kier alpha value is -3.51. The number of halogens is 6. The summed E-state index contributed by atoms with van der Waals surface area (Å²) in [6.45, 7) is 0.667. The Morgan fingerprint density at radius 1 is 1.00 bits per heavy atom. The van der Waals surface area contributed by atoms with Gasteiger partial charge in [0, 0.05) is 7.05 Å². The van der Waals surface area contributed by atoms with E-state index in [2.05, 4.69) is 15.2 Å². The number of ether oxygens (including phenoxy) is 2. The Morgan fingerprint density at radius 2 is 1.71 bits per heavy atom. The largest absolute Gasteiger partial charge is 0.573 e. The van der Waals surface area contributed by atoms with Crippen LogP contribution in [0.1, 0.15) is 16.7 Å². The molecule has 0 aliphatic rings. The molecule has 0 bridgehead atoms. The summed E-state index contributed by atoms with van der Waals surface area (Å²) < 4.78 is 89.3. The van der Waals surface area contributed by atoms with Gasteiger partial charge < -0.3 is 9.47 Å². The first-order valence-electron chi connectivity index (χ1n) is 8.54. The predicted octanol–water partition coefficient (Wildman–Crippen LogP) is 3.77. The highest BCUT2D eigenvalue weighted by molar-refractivity contribution is 5.49. The molecule has 0 spiro atoms. The SMILES string of the molecule is Cc1ccc(OCc2c(OC(F)(F)F)cccc2-n2nnn(C)c2=O)c(C(F)(F)F)c1. The van der Waals surface area contributed by atoms with E-state index in [1.165, 1.54) is 26.1 Å². The lowest BCUT2D eigenvalue weighted by Gasteiger charge is -2.18. The maximum Gasteiger partial charge on any atom is 0.573 e. The van der Waals surface area contributed by atoms with Crippen molar-refractivity contribution in [1.29, 1.82) is 0 Å². The van der Waals surface area contributed by atoms with Gasteiger partial charge in [0.25, 0.3) is 0 Å². The minimum absolute atomic E-state index is 0.194. The Labute approximate surface area is 170 Å². The van der Waals surface area contributed by atoms with E-state index >= 15 is 0 Å². The van der Waals surface area contributed by atoms with E-state index in [4.69, 9.17) is 4.74 Å². The van der Waals surface area contributed by atoms with E-state index in [0.29, 0.717) is 10.2 Å². The molecule has 0 saturated carbocycles. The van der Waals surface area contributed by atoms with Gasteiger partial charge in [-0.2, -0.15) is 22.5 Å². The van der Waals surface area contributed by atoms with Crippen LogP contribution in [0.25, 0.3) is 5.69 Å². The van der Waals surface area contributed by atoms with Gasteiger partial charge in [-0.05, 0) is 41.6 Å². The molecule has 166 valence electrons. The van der Waals surface area contributed by atoms with Crippen molar-refractivity contribution in [1.82, 2.24) is 19.8 Å². The first-order chi connectivity index (χ1) is 14.4. The van der Waals surface area contributed by atoms with Gasteiger partial charge in [-0.1, -0.05) is 17.7 Å². The van der Waals surface area contributed by atoms with Crippen molar-refractivity contribution >= 4 is 0 Å². The molecule has 0 atom stereocenters. The van der Waals surface area contributed by atoms with E-state index in [9.17, 15) is 31.1 Å². The summed E-state index contributed by atoms with van der Waals surface area (Å²) in [6.07, 6.45) is -9.85. The number of aryl methyl sites for hydroxylation is 2. The molecule has 2 aromatic carbocycles. The molecule has 1 aromatic heterocycles. The smallest absolute Gasteiger partial charge is 0.488 e. The van der Waals surface area contributed by atoms with Gasteiger partial charge in [-0.25, -0.2) is 4.79 Å². The van der Waals surface area contributed by atoms with Crippen LogP contribution in [0.4, 0.5) is 26.3 Å². The zero-order valence-corrected chi connectivity index (χ0v) is 16.0. The average molecular weight is 448 g/mol. The zero-order valence-electron chi connectivity index (χ0n) is 16.0.